The summed E-state index contributed by atoms with van der Waals surface area (Å²) < 4.78 is 10.9. The minimum atomic E-state index is 0.262. The lowest BCUT2D eigenvalue weighted by Crippen LogP contribution is -2.35. The van der Waals surface area contributed by atoms with Gasteiger partial charge in [-0.25, -0.2) is 0 Å². The SMILES string of the molecule is CCCCN(CCCC)C(CN)c1ccc2c(c1)OCO2. The van der Waals surface area contributed by atoms with E-state index in [1.165, 1.54) is 31.2 Å². The van der Waals surface area contributed by atoms with E-state index in [1.807, 2.05) is 6.07 Å². The fourth-order valence-corrected chi connectivity index (χ4v) is 2.76. The Morgan fingerprint density at radius 1 is 1.10 bits per heavy atom. The zero-order chi connectivity index (χ0) is 15.1. The minimum Gasteiger partial charge on any atom is -0.454 e. The van der Waals surface area contributed by atoms with Crippen LogP contribution in [0.4, 0.5) is 0 Å². The minimum absolute atomic E-state index is 0.262. The lowest BCUT2D eigenvalue weighted by atomic mass is 10.0. The van der Waals surface area contributed by atoms with Crippen molar-refractivity contribution in [2.24, 2.45) is 5.73 Å². The summed E-state index contributed by atoms with van der Waals surface area (Å²) in [5, 5.41) is 0. The van der Waals surface area contributed by atoms with Gasteiger partial charge in [0.05, 0.1) is 0 Å². The first-order valence-corrected chi connectivity index (χ1v) is 8.13. The van der Waals surface area contributed by atoms with Gasteiger partial charge in [-0.1, -0.05) is 32.8 Å². The number of benzene rings is 1. The number of rotatable bonds is 9. The second-order valence-electron chi connectivity index (χ2n) is 5.61. The Hall–Kier alpha value is -1.26. The smallest absolute Gasteiger partial charge is 0.231 e. The highest BCUT2D eigenvalue weighted by atomic mass is 16.7. The molecule has 0 radical (unpaired) electrons. The van der Waals surface area contributed by atoms with Crippen molar-refractivity contribution in [1.29, 1.82) is 0 Å². The molecule has 4 nitrogen and oxygen atoms in total. The fourth-order valence-electron chi connectivity index (χ4n) is 2.76. The average Bonchev–Trinajstić information content (AvgIpc) is 2.97. The van der Waals surface area contributed by atoms with Gasteiger partial charge in [-0.15, -0.1) is 0 Å². The van der Waals surface area contributed by atoms with E-state index in [1.54, 1.807) is 0 Å². The van der Waals surface area contributed by atoms with Gasteiger partial charge in [-0.3, -0.25) is 4.90 Å². The predicted octanol–water partition coefficient (Wildman–Crippen LogP) is 3.32. The number of fused-ring (bicyclic) bond motifs is 1. The van der Waals surface area contributed by atoms with E-state index in [4.69, 9.17) is 15.2 Å². The van der Waals surface area contributed by atoms with Gasteiger partial charge in [0.25, 0.3) is 0 Å². The molecule has 1 aromatic rings. The van der Waals surface area contributed by atoms with Crippen LogP contribution >= 0.6 is 0 Å². The van der Waals surface area contributed by atoms with Crippen molar-refractivity contribution in [3.63, 3.8) is 0 Å². The van der Waals surface area contributed by atoms with Crippen LogP contribution in [0.2, 0.25) is 0 Å². The molecule has 0 bridgehead atoms. The topological polar surface area (TPSA) is 47.7 Å². The molecule has 0 saturated carbocycles. The molecule has 0 aromatic heterocycles. The Balaban J connectivity index is 2.14. The zero-order valence-corrected chi connectivity index (χ0v) is 13.3. The van der Waals surface area contributed by atoms with Crippen LogP contribution in [0.25, 0.3) is 0 Å². The Kier molecular flexibility index (Phi) is 6.33. The molecule has 2 N–H and O–H groups in total. The first-order chi connectivity index (χ1) is 10.3. The second-order valence-corrected chi connectivity index (χ2v) is 5.61. The molecular weight excluding hydrogens is 264 g/mol. The number of ether oxygens (including phenoxy) is 2. The summed E-state index contributed by atoms with van der Waals surface area (Å²) >= 11 is 0. The number of hydrogen-bond acceptors (Lipinski definition) is 4. The van der Waals surface area contributed by atoms with Gasteiger partial charge >= 0.3 is 0 Å². The van der Waals surface area contributed by atoms with Gasteiger partial charge in [-0.05, 0) is 43.6 Å². The Morgan fingerprint density at radius 2 is 1.76 bits per heavy atom. The molecule has 1 atom stereocenters. The van der Waals surface area contributed by atoms with Crippen molar-refractivity contribution < 1.29 is 9.47 Å². The monoisotopic (exact) mass is 292 g/mol. The third-order valence-electron chi connectivity index (χ3n) is 4.04. The van der Waals surface area contributed by atoms with E-state index in [0.717, 1.165) is 24.6 Å². The molecule has 118 valence electrons. The molecule has 1 aromatic carbocycles. The molecule has 0 amide bonds. The molecule has 1 unspecified atom stereocenters. The first-order valence-electron chi connectivity index (χ1n) is 8.13. The molecular formula is C17H28N2O2. The highest BCUT2D eigenvalue weighted by Crippen LogP contribution is 2.35. The van der Waals surface area contributed by atoms with Gasteiger partial charge in [-0.2, -0.15) is 0 Å². The molecule has 0 aliphatic carbocycles. The quantitative estimate of drug-likeness (QED) is 0.758. The van der Waals surface area contributed by atoms with Crippen LogP contribution < -0.4 is 15.2 Å². The Bertz CT molecular complexity index is 429. The Labute approximate surface area is 128 Å². The lowest BCUT2D eigenvalue weighted by molar-refractivity contribution is 0.173. The van der Waals surface area contributed by atoms with Crippen LogP contribution in [0.5, 0.6) is 11.5 Å². The second kappa shape index (κ2) is 8.25. The maximum Gasteiger partial charge on any atom is 0.231 e. The van der Waals surface area contributed by atoms with Crippen LogP contribution in [0.1, 0.15) is 51.1 Å². The van der Waals surface area contributed by atoms with Crippen molar-refractivity contribution in [3.8, 4) is 11.5 Å². The number of unbranched alkanes of at least 4 members (excludes halogenated alkanes) is 2. The van der Waals surface area contributed by atoms with Crippen molar-refractivity contribution in [2.75, 3.05) is 26.4 Å². The van der Waals surface area contributed by atoms with Crippen molar-refractivity contribution in [3.05, 3.63) is 23.8 Å². The van der Waals surface area contributed by atoms with Gasteiger partial charge in [0, 0.05) is 12.6 Å². The van der Waals surface area contributed by atoms with E-state index in [2.05, 4.69) is 30.9 Å². The molecule has 1 aliphatic heterocycles. The van der Waals surface area contributed by atoms with Gasteiger partial charge in [0.15, 0.2) is 11.5 Å². The average molecular weight is 292 g/mol. The molecule has 0 spiro atoms. The van der Waals surface area contributed by atoms with Gasteiger partial charge in [0.1, 0.15) is 0 Å². The zero-order valence-electron chi connectivity index (χ0n) is 13.3. The fraction of sp³-hybridized carbons (Fsp3) is 0.647. The maximum absolute atomic E-state index is 6.08. The normalized spacial score (nSPS) is 14.7. The lowest BCUT2D eigenvalue weighted by Gasteiger charge is -2.31. The Morgan fingerprint density at radius 3 is 2.38 bits per heavy atom. The summed E-state index contributed by atoms with van der Waals surface area (Å²) in [5.41, 5.74) is 7.31. The standard InChI is InChI=1S/C17H28N2O2/c1-3-5-9-19(10-6-4-2)15(12-18)14-7-8-16-17(11-14)21-13-20-16/h7-8,11,15H,3-6,9-10,12-13,18H2,1-2H3. The highest BCUT2D eigenvalue weighted by Gasteiger charge is 2.21. The van der Waals surface area contributed by atoms with Crippen molar-refractivity contribution in [2.45, 2.75) is 45.6 Å². The number of nitrogens with zero attached hydrogens (tertiary/aromatic N) is 1. The van der Waals surface area contributed by atoms with E-state index in [-0.39, 0.29) is 6.04 Å². The summed E-state index contributed by atoms with van der Waals surface area (Å²) in [6.07, 6.45) is 4.84. The molecule has 0 fully saturated rings. The molecule has 0 saturated heterocycles. The number of nitrogens with two attached hydrogens (primary N) is 1. The predicted molar refractivity (Wildman–Crippen MR) is 85.7 cm³/mol. The molecule has 21 heavy (non-hydrogen) atoms. The summed E-state index contributed by atoms with van der Waals surface area (Å²) in [4.78, 5) is 2.52. The summed E-state index contributed by atoms with van der Waals surface area (Å²) in [6, 6.07) is 6.47. The van der Waals surface area contributed by atoms with Crippen LogP contribution in [-0.4, -0.2) is 31.3 Å². The van der Waals surface area contributed by atoms with E-state index in [9.17, 15) is 0 Å². The van der Waals surface area contributed by atoms with E-state index < -0.39 is 0 Å². The van der Waals surface area contributed by atoms with E-state index >= 15 is 0 Å². The molecule has 4 heteroatoms. The molecule has 1 heterocycles. The van der Waals surface area contributed by atoms with Crippen molar-refractivity contribution >= 4 is 0 Å². The third-order valence-corrected chi connectivity index (χ3v) is 4.04. The summed E-state index contributed by atoms with van der Waals surface area (Å²) in [5.74, 6) is 1.68. The molecule has 1 aliphatic rings. The highest BCUT2D eigenvalue weighted by molar-refractivity contribution is 5.45. The summed E-state index contributed by atoms with van der Waals surface area (Å²) in [7, 11) is 0. The van der Waals surface area contributed by atoms with Gasteiger partial charge < -0.3 is 15.2 Å². The van der Waals surface area contributed by atoms with Crippen LogP contribution in [0, 0.1) is 0 Å². The number of hydrogen-bond donors (Lipinski definition) is 1. The van der Waals surface area contributed by atoms with Crippen LogP contribution in [-0.2, 0) is 0 Å². The summed E-state index contributed by atoms with van der Waals surface area (Å²) in [6.45, 7) is 7.63. The maximum atomic E-state index is 6.08. The van der Waals surface area contributed by atoms with Crippen LogP contribution in [0.15, 0.2) is 18.2 Å². The first kappa shape index (κ1) is 16.1. The van der Waals surface area contributed by atoms with Crippen molar-refractivity contribution in [1.82, 2.24) is 4.90 Å². The van der Waals surface area contributed by atoms with Gasteiger partial charge in [0.2, 0.25) is 6.79 Å². The molecule has 2 rings (SSSR count). The van der Waals surface area contributed by atoms with E-state index in [0.29, 0.717) is 13.3 Å². The largest absolute Gasteiger partial charge is 0.454 e. The van der Waals surface area contributed by atoms with Crippen LogP contribution in [0.3, 0.4) is 0 Å². The third kappa shape index (κ3) is 4.11.